The minimum atomic E-state index is -0.332. The second-order valence-corrected chi connectivity index (χ2v) is 7.11. The molecule has 24 heavy (non-hydrogen) atoms. The van der Waals surface area contributed by atoms with Crippen LogP contribution in [-0.2, 0) is 9.59 Å². The van der Waals surface area contributed by atoms with Gasteiger partial charge in [-0.3, -0.25) is 9.59 Å². The zero-order chi connectivity index (χ0) is 17.3. The summed E-state index contributed by atoms with van der Waals surface area (Å²) < 4.78 is 0.972. The van der Waals surface area contributed by atoms with Gasteiger partial charge in [-0.1, -0.05) is 28.1 Å². The highest BCUT2D eigenvalue weighted by molar-refractivity contribution is 9.10. The van der Waals surface area contributed by atoms with Crippen molar-refractivity contribution in [1.29, 1.82) is 0 Å². The Kier molecular flexibility index (Phi) is 4.71. The summed E-state index contributed by atoms with van der Waals surface area (Å²) in [6, 6.07) is 13.5. The minimum Gasteiger partial charge on any atom is -0.326 e. The summed E-state index contributed by atoms with van der Waals surface area (Å²) >= 11 is 3.41. The molecule has 1 aliphatic rings. The van der Waals surface area contributed by atoms with Crippen LogP contribution in [0.1, 0.15) is 17.5 Å². The van der Waals surface area contributed by atoms with Crippen LogP contribution in [0.3, 0.4) is 0 Å². The van der Waals surface area contributed by atoms with Gasteiger partial charge in [-0.2, -0.15) is 0 Å². The van der Waals surface area contributed by atoms with Gasteiger partial charge in [0, 0.05) is 28.8 Å². The monoisotopic (exact) mass is 386 g/mol. The van der Waals surface area contributed by atoms with Crippen molar-refractivity contribution in [3.8, 4) is 0 Å². The normalized spacial score (nSPS) is 17.2. The summed E-state index contributed by atoms with van der Waals surface area (Å²) in [4.78, 5) is 26.5. The number of aryl methyl sites for hydroxylation is 2. The predicted molar refractivity (Wildman–Crippen MR) is 99.1 cm³/mol. The molecule has 0 unspecified atom stereocenters. The van der Waals surface area contributed by atoms with Gasteiger partial charge in [0.15, 0.2) is 0 Å². The van der Waals surface area contributed by atoms with Gasteiger partial charge in [0.2, 0.25) is 11.8 Å². The summed E-state index contributed by atoms with van der Waals surface area (Å²) in [5.41, 5.74) is 3.72. The second kappa shape index (κ2) is 6.77. The number of carbonyl (C=O) groups is 2. The SMILES string of the molecule is Cc1cccc(N2C[C@H](C(=O)Nc3ccc(Br)cc3C)CC2=O)c1. The Morgan fingerprint density at radius 3 is 2.71 bits per heavy atom. The molecule has 1 aliphatic heterocycles. The van der Waals surface area contributed by atoms with Gasteiger partial charge in [0.25, 0.3) is 0 Å². The Labute approximate surface area is 150 Å². The molecule has 2 aromatic rings. The number of nitrogens with one attached hydrogen (secondary N) is 1. The molecule has 0 saturated carbocycles. The first-order valence-corrected chi connectivity index (χ1v) is 8.67. The van der Waals surface area contributed by atoms with E-state index >= 15 is 0 Å². The van der Waals surface area contributed by atoms with Crippen molar-refractivity contribution >= 4 is 39.1 Å². The van der Waals surface area contributed by atoms with Crippen LogP contribution in [-0.4, -0.2) is 18.4 Å². The molecule has 1 N–H and O–H groups in total. The second-order valence-electron chi connectivity index (χ2n) is 6.19. The van der Waals surface area contributed by atoms with Crippen molar-refractivity contribution in [3.63, 3.8) is 0 Å². The molecule has 4 nitrogen and oxygen atoms in total. The predicted octanol–water partition coefficient (Wildman–Crippen LogP) is 4.06. The topological polar surface area (TPSA) is 49.4 Å². The first kappa shape index (κ1) is 16.7. The van der Waals surface area contributed by atoms with Gasteiger partial charge in [-0.15, -0.1) is 0 Å². The average molecular weight is 387 g/mol. The lowest BCUT2D eigenvalue weighted by atomic mass is 10.1. The Hall–Kier alpha value is -2.14. The number of rotatable bonds is 3. The number of benzene rings is 2. The van der Waals surface area contributed by atoms with E-state index in [4.69, 9.17) is 0 Å². The fourth-order valence-electron chi connectivity index (χ4n) is 2.93. The van der Waals surface area contributed by atoms with Crippen molar-refractivity contribution in [2.45, 2.75) is 20.3 Å². The highest BCUT2D eigenvalue weighted by atomic mass is 79.9. The van der Waals surface area contributed by atoms with Crippen LogP contribution >= 0.6 is 15.9 Å². The molecule has 1 saturated heterocycles. The molecule has 124 valence electrons. The molecule has 0 aliphatic carbocycles. The van der Waals surface area contributed by atoms with Crippen LogP contribution in [0.25, 0.3) is 0 Å². The number of amides is 2. The number of nitrogens with zero attached hydrogens (tertiary/aromatic N) is 1. The Bertz CT molecular complexity index is 804. The van der Waals surface area contributed by atoms with Crippen LogP contribution in [0, 0.1) is 19.8 Å². The van der Waals surface area contributed by atoms with E-state index in [1.807, 2.05) is 56.3 Å². The van der Waals surface area contributed by atoms with Gasteiger partial charge in [0.1, 0.15) is 0 Å². The smallest absolute Gasteiger partial charge is 0.229 e. The van der Waals surface area contributed by atoms with Crippen molar-refractivity contribution in [1.82, 2.24) is 0 Å². The highest BCUT2D eigenvalue weighted by Crippen LogP contribution is 2.27. The van der Waals surface area contributed by atoms with E-state index in [9.17, 15) is 9.59 Å². The molecular weight excluding hydrogens is 368 g/mol. The summed E-state index contributed by atoms with van der Waals surface area (Å²) in [6.07, 6.45) is 0.245. The first-order chi connectivity index (χ1) is 11.4. The van der Waals surface area contributed by atoms with E-state index < -0.39 is 0 Å². The maximum absolute atomic E-state index is 12.5. The van der Waals surface area contributed by atoms with E-state index in [-0.39, 0.29) is 24.2 Å². The molecule has 1 fully saturated rings. The number of anilines is 2. The molecule has 1 heterocycles. The summed E-state index contributed by atoms with van der Waals surface area (Å²) in [6.45, 7) is 4.35. The van der Waals surface area contributed by atoms with Crippen molar-refractivity contribution in [2.75, 3.05) is 16.8 Å². The van der Waals surface area contributed by atoms with Crippen LogP contribution in [0.5, 0.6) is 0 Å². The van der Waals surface area contributed by atoms with Gasteiger partial charge in [0.05, 0.1) is 5.92 Å². The van der Waals surface area contributed by atoms with Gasteiger partial charge in [-0.25, -0.2) is 0 Å². The Morgan fingerprint density at radius 1 is 1.21 bits per heavy atom. The summed E-state index contributed by atoms with van der Waals surface area (Å²) in [5, 5.41) is 2.94. The molecule has 1 atom stereocenters. The highest BCUT2D eigenvalue weighted by Gasteiger charge is 2.35. The lowest BCUT2D eigenvalue weighted by molar-refractivity contribution is -0.122. The number of hydrogen-bond acceptors (Lipinski definition) is 2. The Balaban J connectivity index is 1.72. The van der Waals surface area contributed by atoms with E-state index in [0.717, 1.165) is 27.0 Å². The zero-order valence-corrected chi connectivity index (χ0v) is 15.3. The summed E-state index contributed by atoms with van der Waals surface area (Å²) in [5.74, 6) is -0.446. The average Bonchev–Trinajstić information content (AvgIpc) is 2.92. The van der Waals surface area contributed by atoms with Crippen LogP contribution < -0.4 is 10.2 Å². The molecule has 2 amide bonds. The zero-order valence-electron chi connectivity index (χ0n) is 13.7. The van der Waals surface area contributed by atoms with Crippen molar-refractivity contribution < 1.29 is 9.59 Å². The number of halogens is 1. The van der Waals surface area contributed by atoms with Crippen LogP contribution in [0.4, 0.5) is 11.4 Å². The summed E-state index contributed by atoms with van der Waals surface area (Å²) in [7, 11) is 0. The standard InChI is InChI=1S/C19H19BrN2O2/c1-12-4-3-5-16(8-12)22-11-14(10-18(22)23)19(24)21-17-7-6-15(20)9-13(17)2/h3-9,14H,10-11H2,1-2H3,(H,21,24)/t14-/m1/s1. The van der Waals surface area contributed by atoms with Crippen molar-refractivity contribution in [2.24, 2.45) is 5.92 Å². The molecule has 3 rings (SSSR count). The molecule has 0 spiro atoms. The largest absolute Gasteiger partial charge is 0.326 e. The van der Waals surface area contributed by atoms with Gasteiger partial charge >= 0.3 is 0 Å². The molecule has 2 aromatic carbocycles. The van der Waals surface area contributed by atoms with E-state index in [1.54, 1.807) is 4.90 Å². The molecule has 0 bridgehead atoms. The fourth-order valence-corrected chi connectivity index (χ4v) is 3.41. The molecule has 0 radical (unpaired) electrons. The minimum absolute atomic E-state index is 0.00622. The first-order valence-electron chi connectivity index (χ1n) is 7.88. The van der Waals surface area contributed by atoms with E-state index in [0.29, 0.717) is 6.54 Å². The van der Waals surface area contributed by atoms with E-state index in [2.05, 4.69) is 21.2 Å². The maximum Gasteiger partial charge on any atom is 0.229 e. The lowest BCUT2D eigenvalue weighted by Gasteiger charge is -2.17. The quantitative estimate of drug-likeness (QED) is 0.864. The van der Waals surface area contributed by atoms with Gasteiger partial charge in [-0.05, 0) is 55.3 Å². The third kappa shape index (κ3) is 3.51. The molecular formula is C19H19BrN2O2. The number of hydrogen-bond donors (Lipinski definition) is 1. The Morgan fingerprint density at radius 2 is 2.00 bits per heavy atom. The molecule has 5 heteroatoms. The van der Waals surface area contributed by atoms with Crippen LogP contribution in [0.15, 0.2) is 46.9 Å². The van der Waals surface area contributed by atoms with Crippen LogP contribution in [0.2, 0.25) is 0 Å². The third-order valence-electron chi connectivity index (χ3n) is 4.26. The molecule has 0 aromatic heterocycles. The maximum atomic E-state index is 12.5. The number of carbonyl (C=O) groups excluding carboxylic acids is 2. The van der Waals surface area contributed by atoms with Gasteiger partial charge < -0.3 is 10.2 Å². The van der Waals surface area contributed by atoms with E-state index in [1.165, 1.54) is 0 Å². The van der Waals surface area contributed by atoms with Crippen molar-refractivity contribution in [3.05, 3.63) is 58.1 Å². The third-order valence-corrected chi connectivity index (χ3v) is 4.75. The fraction of sp³-hybridized carbons (Fsp3) is 0.263. The lowest BCUT2D eigenvalue weighted by Crippen LogP contribution is -2.28.